The Kier molecular flexibility index (Phi) is 11.3. The van der Waals surface area contributed by atoms with Crippen molar-refractivity contribution >= 4 is 60.5 Å². The van der Waals surface area contributed by atoms with Gasteiger partial charge >= 0.3 is 0 Å². The van der Waals surface area contributed by atoms with Gasteiger partial charge in [-0.25, -0.2) is 0 Å². The SMILES string of the molecule is CCOCOc1c(-c2cc(OC)ccc2OCCCCOc2ccc(O)cc2C2=CSC(Br)C2O)csc1Br. The number of aliphatic hydroxyl groups excluding tert-OH is 1. The lowest BCUT2D eigenvalue weighted by Gasteiger charge is -2.17. The van der Waals surface area contributed by atoms with Crippen molar-refractivity contribution in [2.75, 3.05) is 33.7 Å². The Hall–Kier alpha value is -1.89. The molecule has 7 nitrogen and oxygen atoms in total. The summed E-state index contributed by atoms with van der Waals surface area (Å²) in [7, 11) is 1.64. The third-order valence-corrected chi connectivity index (χ3v) is 9.61. The second-order valence-corrected chi connectivity index (χ2v) is 13.3. The molecule has 1 aliphatic rings. The van der Waals surface area contributed by atoms with Gasteiger partial charge in [0.1, 0.15) is 32.9 Å². The Bertz CT molecular complexity index is 1280. The van der Waals surface area contributed by atoms with E-state index in [-0.39, 0.29) is 16.7 Å². The van der Waals surface area contributed by atoms with Crippen LogP contribution in [0.4, 0.5) is 0 Å². The minimum atomic E-state index is -0.680. The van der Waals surface area contributed by atoms with Crippen molar-refractivity contribution < 1.29 is 33.9 Å². The number of ether oxygens (including phenoxy) is 5. The second kappa shape index (κ2) is 14.7. The Labute approximate surface area is 253 Å². The number of thiophene rings is 1. The van der Waals surface area contributed by atoms with E-state index in [2.05, 4.69) is 31.9 Å². The smallest absolute Gasteiger partial charge is 0.189 e. The van der Waals surface area contributed by atoms with Gasteiger partial charge in [-0.05, 0) is 83.1 Å². The zero-order valence-electron chi connectivity index (χ0n) is 21.5. The molecule has 0 radical (unpaired) electrons. The summed E-state index contributed by atoms with van der Waals surface area (Å²) in [6.45, 7) is 3.62. The van der Waals surface area contributed by atoms with Crippen LogP contribution in [0.3, 0.4) is 0 Å². The van der Waals surface area contributed by atoms with Crippen molar-refractivity contribution in [2.45, 2.75) is 30.0 Å². The third-order valence-electron chi connectivity index (χ3n) is 5.89. The molecule has 0 saturated carbocycles. The standard InChI is InChI=1S/C28H30Br2O7S2/c1-3-34-16-37-26-22(15-39-28(26)30)20-13-18(33-2)7-9-24(20)36-11-5-4-10-35-23-8-6-17(31)12-19(23)21-14-38-27(29)25(21)32/h6-9,12-15,25,27,31-32H,3-5,10-11,16H2,1-2H3. The van der Waals surface area contributed by atoms with Crippen LogP contribution in [-0.2, 0) is 4.74 Å². The fourth-order valence-electron chi connectivity index (χ4n) is 3.88. The van der Waals surface area contributed by atoms with Crippen molar-refractivity contribution in [2.24, 2.45) is 0 Å². The molecule has 1 aliphatic heterocycles. The van der Waals surface area contributed by atoms with Crippen molar-refractivity contribution in [1.82, 2.24) is 0 Å². The molecule has 2 heterocycles. The summed E-state index contributed by atoms with van der Waals surface area (Å²) in [5.74, 6) is 2.91. The molecule has 0 amide bonds. The average Bonchev–Trinajstić information content (AvgIpc) is 3.47. The van der Waals surface area contributed by atoms with Crippen LogP contribution in [0.25, 0.3) is 16.7 Å². The molecule has 2 N–H and O–H groups in total. The molecule has 0 aliphatic carbocycles. The number of benzene rings is 2. The van der Waals surface area contributed by atoms with E-state index in [1.165, 1.54) is 23.1 Å². The first-order valence-corrected chi connectivity index (χ1v) is 15.9. The summed E-state index contributed by atoms with van der Waals surface area (Å²) in [5, 5.41) is 24.4. The zero-order chi connectivity index (χ0) is 27.8. The van der Waals surface area contributed by atoms with E-state index >= 15 is 0 Å². The van der Waals surface area contributed by atoms with E-state index in [4.69, 9.17) is 23.7 Å². The van der Waals surface area contributed by atoms with Gasteiger partial charge in [0, 0.05) is 28.7 Å². The lowest BCUT2D eigenvalue weighted by Crippen LogP contribution is -2.14. The number of alkyl halides is 1. The molecule has 0 bridgehead atoms. The highest BCUT2D eigenvalue weighted by molar-refractivity contribution is 9.11. The Balaban J connectivity index is 1.36. The number of aromatic hydroxyl groups is 1. The van der Waals surface area contributed by atoms with Crippen molar-refractivity contribution in [3.63, 3.8) is 0 Å². The number of thioether (sulfide) groups is 1. The average molecular weight is 702 g/mol. The van der Waals surface area contributed by atoms with Gasteiger partial charge in [0.25, 0.3) is 0 Å². The van der Waals surface area contributed by atoms with Crippen LogP contribution < -0.4 is 18.9 Å². The van der Waals surface area contributed by atoms with Gasteiger partial charge in [0.2, 0.25) is 0 Å². The van der Waals surface area contributed by atoms with Gasteiger partial charge in [0.05, 0.1) is 24.5 Å². The quantitative estimate of drug-likeness (QED) is 0.101. The van der Waals surface area contributed by atoms with Crippen molar-refractivity contribution in [3.8, 4) is 39.9 Å². The van der Waals surface area contributed by atoms with Crippen molar-refractivity contribution in [1.29, 1.82) is 0 Å². The molecule has 1 aromatic heterocycles. The maximum Gasteiger partial charge on any atom is 0.189 e. The second-order valence-electron chi connectivity index (χ2n) is 8.46. The van der Waals surface area contributed by atoms with Crippen molar-refractivity contribution in [3.05, 3.63) is 56.5 Å². The van der Waals surface area contributed by atoms with Gasteiger partial charge in [0.15, 0.2) is 12.5 Å². The minimum absolute atomic E-state index is 0.120. The van der Waals surface area contributed by atoms with Crippen LogP contribution >= 0.6 is 55.0 Å². The number of phenolic OH excluding ortho intramolecular Hbond substituents is 1. The highest BCUT2D eigenvalue weighted by atomic mass is 79.9. The third kappa shape index (κ3) is 7.65. The van der Waals surface area contributed by atoms with E-state index in [1.807, 2.05) is 35.9 Å². The van der Waals surface area contributed by atoms with Gasteiger partial charge < -0.3 is 33.9 Å². The highest BCUT2D eigenvalue weighted by Crippen LogP contribution is 2.46. The Morgan fingerprint density at radius 3 is 2.33 bits per heavy atom. The van der Waals surface area contributed by atoms with Gasteiger partial charge in [-0.3, -0.25) is 0 Å². The lowest BCUT2D eigenvalue weighted by molar-refractivity contribution is 0.0226. The molecule has 0 spiro atoms. The molecule has 3 aromatic rings. The molecule has 0 saturated heterocycles. The Morgan fingerprint density at radius 1 is 0.949 bits per heavy atom. The first kappa shape index (κ1) is 30.1. The number of phenols is 1. The number of halogens is 2. The molecule has 0 fully saturated rings. The monoisotopic (exact) mass is 700 g/mol. The van der Waals surface area contributed by atoms with Crippen LogP contribution in [0.2, 0.25) is 0 Å². The summed E-state index contributed by atoms with van der Waals surface area (Å²) in [6.07, 6.45) is 0.848. The van der Waals surface area contributed by atoms with E-state index in [0.717, 1.165) is 44.8 Å². The summed E-state index contributed by atoms with van der Waals surface area (Å²) < 4.78 is 29.7. The lowest BCUT2D eigenvalue weighted by atomic mass is 10.0. The number of hydrogen-bond acceptors (Lipinski definition) is 9. The number of hydrogen-bond donors (Lipinski definition) is 2. The molecule has 39 heavy (non-hydrogen) atoms. The summed E-state index contributed by atoms with van der Waals surface area (Å²) >= 11 is 10.1. The predicted octanol–water partition coefficient (Wildman–Crippen LogP) is 7.67. The molecule has 2 aromatic carbocycles. The number of aliphatic hydroxyl groups is 1. The fraction of sp³-hybridized carbons (Fsp3) is 0.357. The number of unbranched alkanes of at least 4 members (excludes halogenated alkanes) is 1. The van der Waals surface area contributed by atoms with Crippen LogP contribution in [0.1, 0.15) is 25.3 Å². The summed E-state index contributed by atoms with van der Waals surface area (Å²) in [5.41, 5.74) is 3.20. The molecular weight excluding hydrogens is 672 g/mol. The maximum atomic E-state index is 10.5. The number of rotatable bonds is 14. The van der Waals surface area contributed by atoms with E-state index < -0.39 is 6.10 Å². The van der Waals surface area contributed by atoms with E-state index in [9.17, 15) is 10.2 Å². The largest absolute Gasteiger partial charge is 0.508 e. The van der Waals surface area contributed by atoms with E-state index in [0.29, 0.717) is 36.9 Å². The van der Waals surface area contributed by atoms with Crippen LogP contribution in [0.5, 0.6) is 28.7 Å². The van der Waals surface area contributed by atoms with Gasteiger partial charge in [-0.1, -0.05) is 15.9 Å². The minimum Gasteiger partial charge on any atom is -0.508 e. The molecule has 210 valence electrons. The molecule has 4 rings (SSSR count). The van der Waals surface area contributed by atoms with Crippen LogP contribution in [-0.4, -0.2) is 54.2 Å². The summed E-state index contributed by atoms with van der Waals surface area (Å²) in [4.78, 5) is 0. The normalized spacial score (nSPS) is 16.7. The maximum absolute atomic E-state index is 10.5. The molecular formula is C28H30Br2O7S2. The topological polar surface area (TPSA) is 86.6 Å². The van der Waals surface area contributed by atoms with Gasteiger partial charge in [-0.15, -0.1) is 23.1 Å². The van der Waals surface area contributed by atoms with E-state index in [1.54, 1.807) is 25.3 Å². The van der Waals surface area contributed by atoms with Crippen LogP contribution in [0, 0.1) is 0 Å². The van der Waals surface area contributed by atoms with Gasteiger partial charge in [-0.2, -0.15) is 0 Å². The molecule has 2 unspecified atom stereocenters. The van der Waals surface area contributed by atoms with Crippen LogP contribution in [0.15, 0.2) is 51.0 Å². The number of methoxy groups -OCH3 is 1. The fourth-order valence-corrected chi connectivity index (χ4v) is 6.67. The first-order chi connectivity index (χ1) is 18.9. The zero-order valence-corrected chi connectivity index (χ0v) is 26.3. The predicted molar refractivity (Wildman–Crippen MR) is 164 cm³/mol. The molecule has 2 atom stereocenters. The Morgan fingerprint density at radius 2 is 1.67 bits per heavy atom. The first-order valence-electron chi connectivity index (χ1n) is 12.4. The molecule has 11 heteroatoms. The highest BCUT2D eigenvalue weighted by Gasteiger charge is 2.29. The summed E-state index contributed by atoms with van der Waals surface area (Å²) in [6, 6.07) is 10.7.